The molecule has 1 aromatic heterocycles. The van der Waals surface area contributed by atoms with E-state index in [4.69, 9.17) is 4.74 Å². The first-order valence-electron chi connectivity index (χ1n) is 11.0. The smallest absolute Gasteiger partial charge is 0.329 e. The van der Waals surface area contributed by atoms with Crippen LogP contribution in [0.2, 0.25) is 0 Å². The zero-order chi connectivity index (χ0) is 22.2. The minimum Gasteiger partial charge on any atom is -0.385 e. The Balaban J connectivity index is 1.47. The fourth-order valence-corrected chi connectivity index (χ4v) is 4.02. The molecule has 2 aromatic rings. The van der Waals surface area contributed by atoms with E-state index >= 15 is 0 Å². The van der Waals surface area contributed by atoms with E-state index < -0.39 is 0 Å². The summed E-state index contributed by atoms with van der Waals surface area (Å²) in [6.07, 6.45) is 1.09. The van der Waals surface area contributed by atoms with Gasteiger partial charge in [-0.2, -0.15) is 0 Å². The first kappa shape index (κ1) is 23.0. The Kier molecular flexibility index (Phi) is 8.25. The second-order valence-corrected chi connectivity index (χ2v) is 7.77. The number of nitrogens with one attached hydrogen (secondary N) is 1. The quantitative estimate of drug-likeness (QED) is 0.554. The van der Waals surface area contributed by atoms with Crippen LogP contribution in [0.5, 0.6) is 0 Å². The van der Waals surface area contributed by atoms with Crippen LogP contribution in [0.4, 0.5) is 0 Å². The van der Waals surface area contributed by atoms with E-state index in [1.807, 2.05) is 36.1 Å². The number of ether oxygens (including phenoxy) is 1. The van der Waals surface area contributed by atoms with Crippen molar-refractivity contribution in [2.24, 2.45) is 0 Å². The van der Waals surface area contributed by atoms with Gasteiger partial charge in [0.2, 0.25) is 11.8 Å². The van der Waals surface area contributed by atoms with Crippen LogP contribution in [0, 0.1) is 0 Å². The summed E-state index contributed by atoms with van der Waals surface area (Å²) >= 11 is 0. The summed E-state index contributed by atoms with van der Waals surface area (Å²) in [5.74, 6) is 0.0477. The minimum atomic E-state index is -0.0715. The Morgan fingerprint density at radius 1 is 1.06 bits per heavy atom. The maximum Gasteiger partial charge on any atom is 0.329 e. The molecule has 2 amide bonds. The molecule has 1 saturated heterocycles. The van der Waals surface area contributed by atoms with Crippen molar-refractivity contribution in [2.75, 3.05) is 53.0 Å². The van der Waals surface area contributed by atoms with Gasteiger partial charge in [-0.25, -0.2) is 4.79 Å². The molecule has 31 heavy (non-hydrogen) atoms. The first-order valence-corrected chi connectivity index (χ1v) is 11.0. The number of carbonyl (C=O) groups excluding carboxylic acids is 2. The maximum atomic E-state index is 12.7. The molecular weight excluding hydrogens is 398 g/mol. The summed E-state index contributed by atoms with van der Waals surface area (Å²) in [5, 5.41) is 2.89. The van der Waals surface area contributed by atoms with Crippen molar-refractivity contribution < 1.29 is 14.3 Å². The van der Waals surface area contributed by atoms with Gasteiger partial charge < -0.3 is 15.0 Å². The monoisotopic (exact) mass is 431 g/mol. The van der Waals surface area contributed by atoms with Gasteiger partial charge in [-0.15, -0.1) is 0 Å². The van der Waals surface area contributed by atoms with Crippen LogP contribution in [0.3, 0.4) is 0 Å². The van der Waals surface area contributed by atoms with Gasteiger partial charge in [-0.05, 0) is 25.5 Å². The van der Waals surface area contributed by atoms with Gasteiger partial charge in [0.15, 0.2) is 0 Å². The van der Waals surface area contributed by atoms with Crippen LogP contribution in [-0.4, -0.2) is 83.7 Å². The van der Waals surface area contributed by atoms with Gasteiger partial charge in [0, 0.05) is 66.0 Å². The Morgan fingerprint density at radius 3 is 2.39 bits per heavy atom. The highest BCUT2D eigenvalue weighted by molar-refractivity contribution is 5.79. The van der Waals surface area contributed by atoms with Gasteiger partial charge in [-0.3, -0.25) is 23.6 Å². The number of fused-ring (bicyclic) bond motifs is 1. The molecule has 0 saturated carbocycles. The van der Waals surface area contributed by atoms with Crippen molar-refractivity contribution in [1.82, 2.24) is 24.3 Å². The molecule has 9 nitrogen and oxygen atoms in total. The Labute approximate surface area is 182 Å². The molecule has 1 aromatic carbocycles. The highest BCUT2D eigenvalue weighted by atomic mass is 16.5. The number of nitrogens with zero attached hydrogens (tertiary/aromatic N) is 4. The number of imidazole rings is 1. The van der Waals surface area contributed by atoms with E-state index in [-0.39, 0.29) is 23.9 Å². The second-order valence-electron chi connectivity index (χ2n) is 7.77. The lowest BCUT2D eigenvalue weighted by molar-refractivity contribution is -0.133. The number of aryl methyl sites for hydroxylation is 2. The zero-order valence-electron chi connectivity index (χ0n) is 18.5. The van der Waals surface area contributed by atoms with E-state index in [0.717, 1.165) is 17.5 Å². The van der Waals surface area contributed by atoms with Crippen LogP contribution >= 0.6 is 0 Å². The highest BCUT2D eigenvalue weighted by Crippen LogP contribution is 2.13. The predicted molar refractivity (Wildman–Crippen MR) is 119 cm³/mol. The average molecular weight is 432 g/mol. The van der Waals surface area contributed by atoms with Crippen LogP contribution in [0.15, 0.2) is 29.1 Å². The van der Waals surface area contributed by atoms with E-state index in [2.05, 4.69) is 10.2 Å². The number of hydrogen-bond acceptors (Lipinski definition) is 5. The molecule has 0 radical (unpaired) electrons. The third kappa shape index (κ3) is 5.74. The molecule has 9 heteroatoms. The van der Waals surface area contributed by atoms with Crippen molar-refractivity contribution in [2.45, 2.75) is 32.9 Å². The van der Waals surface area contributed by atoms with E-state index in [9.17, 15) is 14.4 Å². The van der Waals surface area contributed by atoms with Crippen molar-refractivity contribution in [1.29, 1.82) is 0 Å². The van der Waals surface area contributed by atoms with Crippen molar-refractivity contribution in [3.8, 4) is 0 Å². The number of para-hydroxylation sites is 2. The summed E-state index contributed by atoms with van der Waals surface area (Å²) in [7, 11) is 1.64. The van der Waals surface area contributed by atoms with Gasteiger partial charge >= 0.3 is 5.69 Å². The lowest BCUT2D eigenvalue weighted by atomic mass is 10.2. The molecule has 1 fully saturated rings. The molecule has 1 N–H and O–H groups in total. The Morgan fingerprint density at radius 2 is 1.74 bits per heavy atom. The number of amides is 2. The van der Waals surface area contributed by atoms with Gasteiger partial charge in [0.25, 0.3) is 0 Å². The highest BCUT2D eigenvalue weighted by Gasteiger charge is 2.23. The fourth-order valence-electron chi connectivity index (χ4n) is 4.02. The topological polar surface area (TPSA) is 88.8 Å². The van der Waals surface area contributed by atoms with E-state index in [1.54, 1.807) is 16.2 Å². The van der Waals surface area contributed by atoms with Crippen LogP contribution in [0.25, 0.3) is 11.0 Å². The maximum absolute atomic E-state index is 12.7. The summed E-state index contributed by atoms with van der Waals surface area (Å²) in [4.78, 5) is 41.3. The van der Waals surface area contributed by atoms with E-state index in [0.29, 0.717) is 59.0 Å². The molecule has 0 bridgehead atoms. The van der Waals surface area contributed by atoms with Crippen LogP contribution in [0.1, 0.15) is 19.8 Å². The van der Waals surface area contributed by atoms with Crippen LogP contribution < -0.4 is 11.0 Å². The molecule has 170 valence electrons. The predicted octanol–water partition coefficient (Wildman–Crippen LogP) is 0.510. The average Bonchev–Trinajstić information content (AvgIpc) is 3.06. The molecule has 1 aliphatic heterocycles. The van der Waals surface area contributed by atoms with Crippen molar-refractivity contribution in [3.63, 3.8) is 0 Å². The number of benzene rings is 1. The molecule has 2 heterocycles. The summed E-state index contributed by atoms with van der Waals surface area (Å²) in [6.45, 7) is 7.05. The lowest BCUT2D eigenvalue weighted by Crippen LogP contribution is -2.51. The number of piperazine rings is 1. The summed E-state index contributed by atoms with van der Waals surface area (Å²) in [5.41, 5.74) is 1.69. The minimum absolute atomic E-state index is 0.00238. The molecule has 0 aliphatic carbocycles. The van der Waals surface area contributed by atoms with Gasteiger partial charge in [-0.1, -0.05) is 12.1 Å². The van der Waals surface area contributed by atoms with Crippen molar-refractivity contribution in [3.05, 3.63) is 34.7 Å². The molecular formula is C22H33N5O4. The van der Waals surface area contributed by atoms with E-state index in [1.165, 1.54) is 0 Å². The number of rotatable bonds is 10. The number of hydrogen-bond donors (Lipinski definition) is 1. The zero-order valence-corrected chi connectivity index (χ0v) is 18.5. The molecule has 1 aliphatic rings. The lowest BCUT2D eigenvalue weighted by Gasteiger charge is -2.34. The SMILES string of the molecule is CCn1c(=O)n(CCC(=O)N2CCN(CC(=O)NCCCOC)CC2)c2ccccc21. The fraction of sp³-hybridized carbons (Fsp3) is 0.591. The van der Waals surface area contributed by atoms with Gasteiger partial charge in [0.05, 0.1) is 17.6 Å². The third-order valence-electron chi connectivity index (χ3n) is 5.73. The standard InChI is InChI=1S/C22H33N5O4/c1-3-26-18-7-4-5-8-19(18)27(22(26)30)11-9-21(29)25-14-12-24(13-15-25)17-20(28)23-10-6-16-31-2/h4-5,7-8H,3,6,9-17H2,1-2H3,(H,23,28). The number of aromatic nitrogens is 2. The number of methoxy groups -OCH3 is 1. The van der Waals surface area contributed by atoms with Crippen molar-refractivity contribution >= 4 is 22.8 Å². The Hall–Kier alpha value is -2.65. The number of carbonyl (C=O) groups is 2. The first-order chi connectivity index (χ1) is 15.0. The Bertz CT molecular complexity index is 943. The summed E-state index contributed by atoms with van der Waals surface area (Å²) < 4.78 is 8.40. The second kappa shape index (κ2) is 11.1. The molecule has 0 unspecified atom stereocenters. The van der Waals surface area contributed by atoms with Gasteiger partial charge in [0.1, 0.15) is 0 Å². The molecule has 0 spiro atoms. The third-order valence-corrected chi connectivity index (χ3v) is 5.73. The van der Waals surface area contributed by atoms with Crippen LogP contribution in [-0.2, 0) is 27.4 Å². The molecule has 0 atom stereocenters. The summed E-state index contributed by atoms with van der Waals surface area (Å²) in [6, 6.07) is 7.69. The molecule has 3 rings (SSSR count). The largest absolute Gasteiger partial charge is 0.385 e. The normalized spacial score (nSPS) is 14.8.